The van der Waals surface area contributed by atoms with Crippen molar-refractivity contribution in [3.05, 3.63) is 54.4 Å². The maximum Gasteiger partial charge on any atom is 0.213 e. The zero-order valence-electron chi connectivity index (χ0n) is 14.4. The molecule has 5 nitrogen and oxygen atoms in total. The van der Waals surface area contributed by atoms with Crippen LogP contribution in [0.25, 0.3) is 0 Å². The van der Waals surface area contributed by atoms with Gasteiger partial charge in [-0.3, -0.25) is 4.98 Å². The van der Waals surface area contributed by atoms with Crippen molar-refractivity contribution in [1.29, 1.82) is 0 Å². The number of anilines is 2. The van der Waals surface area contributed by atoms with E-state index in [4.69, 9.17) is 0 Å². The van der Waals surface area contributed by atoms with E-state index in [0.29, 0.717) is 13.1 Å². The first-order chi connectivity index (χ1) is 12.1. The highest BCUT2D eigenvalue weighted by atomic mass is 32.2. The van der Waals surface area contributed by atoms with Gasteiger partial charge in [0.15, 0.2) is 0 Å². The van der Waals surface area contributed by atoms with Gasteiger partial charge in [-0.05, 0) is 43.5 Å². The summed E-state index contributed by atoms with van der Waals surface area (Å²) in [4.78, 5) is 6.59. The smallest absolute Gasteiger partial charge is 0.213 e. The number of aromatic nitrogens is 1. The summed E-state index contributed by atoms with van der Waals surface area (Å²) < 4.78 is 26.1. The quantitative estimate of drug-likeness (QED) is 0.848. The molecule has 25 heavy (non-hydrogen) atoms. The third kappa shape index (κ3) is 2.73. The van der Waals surface area contributed by atoms with Gasteiger partial charge in [0, 0.05) is 36.9 Å². The molecule has 0 unspecified atom stereocenters. The third-order valence-electron chi connectivity index (χ3n) is 5.62. The number of fused-ring (bicyclic) bond motifs is 2. The topological polar surface area (TPSA) is 53.5 Å². The van der Waals surface area contributed by atoms with E-state index in [0.717, 1.165) is 25.1 Å². The summed E-state index contributed by atoms with van der Waals surface area (Å²) in [6.07, 6.45) is 5.40. The molecule has 6 heteroatoms. The summed E-state index contributed by atoms with van der Waals surface area (Å²) in [6.45, 7) is 3.81. The molecule has 1 saturated heterocycles. The van der Waals surface area contributed by atoms with E-state index in [1.165, 1.54) is 11.3 Å². The lowest BCUT2D eigenvalue weighted by Crippen LogP contribution is -2.47. The van der Waals surface area contributed by atoms with Crippen molar-refractivity contribution in [2.45, 2.75) is 25.2 Å². The summed E-state index contributed by atoms with van der Waals surface area (Å²) >= 11 is 0. The number of hydrogen-bond donors (Lipinski definition) is 0. The summed E-state index contributed by atoms with van der Waals surface area (Å²) in [7, 11) is -3.10. The highest BCUT2D eigenvalue weighted by Gasteiger charge is 2.46. The van der Waals surface area contributed by atoms with Crippen LogP contribution in [0.3, 0.4) is 0 Å². The number of hydrogen-bond acceptors (Lipinski definition) is 4. The monoisotopic (exact) mass is 357 g/mol. The molecule has 0 bridgehead atoms. The van der Waals surface area contributed by atoms with Gasteiger partial charge in [-0.15, -0.1) is 0 Å². The molecule has 132 valence electrons. The predicted octanol–water partition coefficient (Wildman–Crippen LogP) is 2.92. The van der Waals surface area contributed by atoms with Gasteiger partial charge in [0.25, 0.3) is 0 Å². The summed E-state index contributed by atoms with van der Waals surface area (Å²) in [5, 5.41) is 0. The van der Waals surface area contributed by atoms with E-state index >= 15 is 0 Å². The fourth-order valence-corrected chi connectivity index (χ4v) is 5.28. The molecule has 0 N–H and O–H groups in total. The van der Waals surface area contributed by atoms with E-state index < -0.39 is 10.0 Å². The number of nitrogens with zero attached hydrogens (tertiary/aromatic N) is 3. The molecule has 2 aliphatic heterocycles. The number of piperidine rings is 1. The van der Waals surface area contributed by atoms with E-state index in [2.05, 4.69) is 40.2 Å². The number of sulfonamides is 1. The maximum atomic E-state index is 12.2. The Bertz CT molecular complexity index is 859. The molecule has 0 amide bonds. The first-order valence-electron chi connectivity index (χ1n) is 8.81. The summed E-state index contributed by atoms with van der Waals surface area (Å²) in [5.41, 5.74) is 3.68. The molecular weight excluding hydrogens is 334 g/mol. The van der Waals surface area contributed by atoms with Gasteiger partial charge < -0.3 is 4.90 Å². The van der Waals surface area contributed by atoms with Crippen molar-refractivity contribution in [2.75, 3.05) is 30.3 Å². The maximum absolute atomic E-state index is 12.2. The molecule has 0 aliphatic carbocycles. The van der Waals surface area contributed by atoms with Crippen LogP contribution in [-0.2, 0) is 15.4 Å². The molecule has 1 spiro atoms. The number of pyridine rings is 1. The standard InChI is InChI=1S/C19H23N3O2S/c1-2-25(23,24)21-12-9-19(10-13-21)15-22(16-6-5-11-20-14-16)18-8-4-3-7-17(18)19/h3-8,11,14H,2,9-10,12-13,15H2,1H3. The summed E-state index contributed by atoms with van der Waals surface area (Å²) in [5.74, 6) is 0.179. The van der Waals surface area contributed by atoms with Crippen LogP contribution >= 0.6 is 0 Å². The van der Waals surface area contributed by atoms with Crippen LogP contribution in [0.4, 0.5) is 11.4 Å². The highest BCUT2D eigenvalue weighted by molar-refractivity contribution is 7.89. The van der Waals surface area contributed by atoms with Crippen molar-refractivity contribution in [2.24, 2.45) is 0 Å². The fourth-order valence-electron chi connectivity index (χ4n) is 4.18. The first kappa shape index (κ1) is 16.5. The molecule has 2 aromatic rings. The van der Waals surface area contributed by atoms with Crippen LogP contribution in [0.1, 0.15) is 25.3 Å². The van der Waals surface area contributed by atoms with Crippen LogP contribution in [-0.4, -0.2) is 43.1 Å². The van der Waals surface area contributed by atoms with Gasteiger partial charge in [-0.25, -0.2) is 12.7 Å². The fraction of sp³-hybridized carbons (Fsp3) is 0.421. The van der Waals surface area contributed by atoms with Gasteiger partial charge >= 0.3 is 0 Å². The minimum Gasteiger partial charge on any atom is -0.339 e. The second-order valence-corrected chi connectivity index (χ2v) is 9.15. The molecule has 2 aliphatic rings. The van der Waals surface area contributed by atoms with Gasteiger partial charge in [0.1, 0.15) is 0 Å². The normalized spacial score (nSPS) is 20.0. The van der Waals surface area contributed by atoms with Crippen molar-refractivity contribution in [3.63, 3.8) is 0 Å². The van der Waals surface area contributed by atoms with Gasteiger partial charge in [-0.2, -0.15) is 0 Å². The molecule has 1 aromatic carbocycles. The number of para-hydroxylation sites is 1. The Balaban J connectivity index is 1.66. The van der Waals surface area contributed by atoms with Crippen molar-refractivity contribution in [1.82, 2.24) is 9.29 Å². The largest absolute Gasteiger partial charge is 0.339 e. The van der Waals surface area contributed by atoms with Crippen LogP contribution in [0, 0.1) is 0 Å². The Labute approximate surface area is 149 Å². The van der Waals surface area contributed by atoms with Crippen LogP contribution in [0.2, 0.25) is 0 Å². The third-order valence-corrected chi connectivity index (χ3v) is 7.50. The molecule has 1 fully saturated rings. The number of benzene rings is 1. The second-order valence-electron chi connectivity index (χ2n) is 6.89. The lowest BCUT2D eigenvalue weighted by molar-refractivity contribution is 0.246. The Hall–Kier alpha value is -1.92. The molecule has 4 rings (SSSR count). The second kappa shape index (κ2) is 6.11. The Morgan fingerprint density at radius 2 is 1.88 bits per heavy atom. The lowest BCUT2D eigenvalue weighted by Gasteiger charge is -2.39. The SMILES string of the molecule is CCS(=O)(=O)N1CCC2(CC1)CN(c1cccnc1)c1ccccc12. The van der Waals surface area contributed by atoms with Crippen LogP contribution < -0.4 is 4.90 Å². The average molecular weight is 357 g/mol. The molecule has 3 heterocycles. The molecule has 1 aromatic heterocycles. The molecular formula is C19H23N3O2S. The highest BCUT2D eigenvalue weighted by Crippen LogP contribution is 2.49. The predicted molar refractivity (Wildman–Crippen MR) is 99.6 cm³/mol. The van der Waals surface area contributed by atoms with Crippen molar-refractivity contribution < 1.29 is 8.42 Å². The zero-order valence-corrected chi connectivity index (χ0v) is 15.2. The van der Waals surface area contributed by atoms with Gasteiger partial charge in [0.2, 0.25) is 10.0 Å². The number of rotatable bonds is 3. The van der Waals surface area contributed by atoms with E-state index in [9.17, 15) is 8.42 Å². The minimum absolute atomic E-state index is 0.0200. The van der Waals surface area contributed by atoms with Crippen molar-refractivity contribution >= 4 is 21.4 Å². The van der Waals surface area contributed by atoms with E-state index in [1.54, 1.807) is 17.4 Å². The van der Waals surface area contributed by atoms with Crippen molar-refractivity contribution in [3.8, 4) is 0 Å². The van der Waals surface area contributed by atoms with Crippen LogP contribution in [0.5, 0.6) is 0 Å². The zero-order chi connectivity index (χ0) is 17.5. The Kier molecular flexibility index (Phi) is 4.04. The summed E-state index contributed by atoms with van der Waals surface area (Å²) in [6, 6.07) is 12.6. The van der Waals surface area contributed by atoms with Gasteiger partial charge in [-0.1, -0.05) is 18.2 Å². The molecule has 0 saturated carbocycles. The Morgan fingerprint density at radius 3 is 2.56 bits per heavy atom. The average Bonchev–Trinajstić information content (AvgIpc) is 2.97. The minimum atomic E-state index is -3.10. The van der Waals surface area contributed by atoms with Gasteiger partial charge in [0.05, 0.1) is 17.6 Å². The lowest BCUT2D eigenvalue weighted by atomic mass is 9.75. The molecule has 0 radical (unpaired) electrons. The molecule has 0 atom stereocenters. The first-order valence-corrected chi connectivity index (χ1v) is 10.4. The van der Waals surface area contributed by atoms with E-state index in [1.807, 2.05) is 12.3 Å². The Morgan fingerprint density at radius 1 is 1.12 bits per heavy atom. The van der Waals surface area contributed by atoms with E-state index in [-0.39, 0.29) is 11.2 Å². The van der Waals surface area contributed by atoms with Crippen LogP contribution in [0.15, 0.2) is 48.8 Å².